The van der Waals surface area contributed by atoms with Crippen LogP contribution in [-0.4, -0.2) is 37.7 Å². The molecule has 0 bridgehead atoms. The molecule has 1 saturated heterocycles. The third-order valence-corrected chi connectivity index (χ3v) is 5.29. The van der Waals surface area contributed by atoms with Gasteiger partial charge in [-0.3, -0.25) is 4.79 Å². The molecule has 1 fully saturated rings. The lowest BCUT2D eigenvalue weighted by atomic mass is 10.0. The number of aryl methyl sites for hydroxylation is 1. The number of likely N-dealkylation sites (tertiary alicyclic amines) is 1. The van der Waals surface area contributed by atoms with Crippen molar-refractivity contribution in [2.45, 2.75) is 31.7 Å². The van der Waals surface area contributed by atoms with E-state index in [0.717, 1.165) is 54.2 Å². The second kappa shape index (κ2) is 7.91. The monoisotopic (exact) mass is 367 g/mol. The van der Waals surface area contributed by atoms with Gasteiger partial charge in [-0.2, -0.15) is 0 Å². The Hall–Kier alpha value is -2.69. The number of ether oxygens (including phenoxy) is 3. The van der Waals surface area contributed by atoms with E-state index in [4.69, 9.17) is 14.2 Å². The number of hydrogen-bond donors (Lipinski definition) is 0. The van der Waals surface area contributed by atoms with Crippen molar-refractivity contribution < 1.29 is 19.0 Å². The van der Waals surface area contributed by atoms with E-state index in [2.05, 4.69) is 6.07 Å². The summed E-state index contributed by atoms with van der Waals surface area (Å²) in [6.07, 6.45) is 3.25. The SMILES string of the molecule is COc1cccc(CCC(=O)N2CCCC2c2ccc3c(c2)OCCO3)c1. The first-order chi connectivity index (χ1) is 13.2. The van der Waals surface area contributed by atoms with E-state index in [0.29, 0.717) is 19.6 Å². The second-order valence-corrected chi connectivity index (χ2v) is 7.00. The molecule has 0 aromatic heterocycles. The first kappa shape index (κ1) is 17.7. The lowest BCUT2D eigenvalue weighted by Gasteiger charge is -2.27. The zero-order chi connectivity index (χ0) is 18.6. The Labute approximate surface area is 159 Å². The van der Waals surface area contributed by atoms with Crippen LogP contribution in [0, 0.1) is 0 Å². The van der Waals surface area contributed by atoms with E-state index in [1.54, 1.807) is 7.11 Å². The number of hydrogen-bond acceptors (Lipinski definition) is 4. The average Bonchev–Trinajstić information content (AvgIpc) is 3.22. The summed E-state index contributed by atoms with van der Waals surface area (Å²) in [4.78, 5) is 14.9. The van der Waals surface area contributed by atoms with Crippen molar-refractivity contribution in [1.82, 2.24) is 4.90 Å². The van der Waals surface area contributed by atoms with E-state index in [1.807, 2.05) is 41.3 Å². The second-order valence-electron chi connectivity index (χ2n) is 7.00. The molecule has 0 saturated carbocycles. The molecule has 2 aromatic rings. The Morgan fingerprint density at radius 3 is 2.85 bits per heavy atom. The number of carbonyl (C=O) groups excluding carboxylic acids is 1. The Bertz CT molecular complexity index is 820. The lowest BCUT2D eigenvalue weighted by molar-refractivity contribution is -0.132. The van der Waals surface area contributed by atoms with Gasteiger partial charge in [0.25, 0.3) is 0 Å². The van der Waals surface area contributed by atoms with Crippen LogP contribution in [0.4, 0.5) is 0 Å². The topological polar surface area (TPSA) is 48.0 Å². The third kappa shape index (κ3) is 3.87. The maximum Gasteiger partial charge on any atom is 0.223 e. The molecule has 2 aromatic carbocycles. The standard InChI is InChI=1S/C22H25NO4/c1-25-18-5-2-4-16(14-18)7-10-22(24)23-11-3-6-19(23)17-8-9-20-21(15-17)27-13-12-26-20/h2,4-5,8-9,14-15,19H,3,6-7,10-13H2,1H3. The van der Waals surface area contributed by atoms with Crippen LogP contribution in [0.2, 0.25) is 0 Å². The first-order valence-corrected chi connectivity index (χ1v) is 9.56. The predicted molar refractivity (Wildman–Crippen MR) is 102 cm³/mol. The van der Waals surface area contributed by atoms with E-state index < -0.39 is 0 Å². The number of nitrogens with zero attached hydrogens (tertiary/aromatic N) is 1. The summed E-state index contributed by atoms with van der Waals surface area (Å²) in [5.74, 6) is 2.61. The van der Waals surface area contributed by atoms with E-state index in [1.165, 1.54) is 0 Å². The highest BCUT2D eigenvalue weighted by molar-refractivity contribution is 5.77. The molecule has 2 aliphatic heterocycles. The fourth-order valence-electron chi connectivity index (χ4n) is 3.90. The summed E-state index contributed by atoms with van der Waals surface area (Å²) in [5.41, 5.74) is 2.25. The highest BCUT2D eigenvalue weighted by atomic mass is 16.6. The largest absolute Gasteiger partial charge is 0.497 e. The molecule has 1 amide bonds. The van der Waals surface area contributed by atoms with Crippen LogP contribution in [0.3, 0.4) is 0 Å². The first-order valence-electron chi connectivity index (χ1n) is 9.56. The molecule has 1 atom stereocenters. The number of fused-ring (bicyclic) bond motifs is 1. The average molecular weight is 367 g/mol. The molecule has 2 aliphatic rings. The molecule has 2 heterocycles. The zero-order valence-electron chi connectivity index (χ0n) is 15.6. The Morgan fingerprint density at radius 2 is 2.00 bits per heavy atom. The van der Waals surface area contributed by atoms with Crippen LogP contribution in [0.1, 0.15) is 36.4 Å². The highest BCUT2D eigenvalue weighted by Gasteiger charge is 2.30. The predicted octanol–water partition coefficient (Wildman–Crippen LogP) is 3.76. The fourth-order valence-corrected chi connectivity index (χ4v) is 3.90. The molecule has 0 spiro atoms. The van der Waals surface area contributed by atoms with Gasteiger partial charge < -0.3 is 19.1 Å². The summed E-state index contributed by atoms with van der Waals surface area (Å²) >= 11 is 0. The smallest absolute Gasteiger partial charge is 0.223 e. The molecule has 0 radical (unpaired) electrons. The molecule has 0 aliphatic carbocycles. The Balaban J connectivity index is 1.43. The van der Waals surface area contributed by atoms with E-state index >= 15 is 0 Å². The van der Waals surface area contributed by atoms with Crippen LogP contribution >= 0.6 is 0 Å². The molecule has 27 heavy (non-hydrogen) atoms. The van der Waals surface area contributed by atoms with Gasteiger partial charge >= 0.3 is 0 Å². The minimum absolute atomic E-state index is 0.124. The van der Waals surface area contributed by atoms with Crippen molar-refractivity contribution in [1.29, 1.82) is 0 Å². The van der Waals surface area contributed by atoms with E-state index in [-0.39, 0.29) is 11.9 Å². The van der Waals surface area contributed by atoms with Gasteiger partial charge in [0.1, 0.15) is 19.0 Å². The molecule has 142 valence electrons. The molecule has 5 nitrogen and oxygen atoms in total. The Morgan fingerprint density at radius 1 is 1.15 bits per heavy atom. The zero-order valence-corrected chi connectivity index (χ0v) is 15.6. The molecule has 0 N–H and O–H groups in total. The number of methoxy groups -OCH3 is 1. The summed E-state index contributed by atoms with van der Waals surface area (Å²) in [7, 11) is 1.66. The normalized spacial score (nSPS) is 18.4. The van der Waals surface area contributed by atoms with Crippen molar-refractivity contribution in [3.8, 4) is 17.2 Å². The maximum atomic E-state index is 12.9. The van der Waals surface area contributed by atoms with Crippen LogP contribution in [0.25, 0.3) is 0 Å². The van der Waals surface area contributed by atoms with Gasteiger partial charge in [-0.05, 0) is 54.7 Å². The van der Waals surface area contributed by atoms with Crippen molar-refractivity contribution >= 4 is 5.91 Å². The molecular formula is C22H25NO4. The minimum atomic E-state index is 0.124. The van der Waals surface area contributed by atoms with Crippen LogP contribution in [0.5, 0.6) is 17.2 Å². The van der Waals surface area contributed by atoms with Gasteiger partial charge in [-0.1, -0.05) is 18.2 Å². The minimum Gasteiger partial charge on any atom is -0.497 e. The molecule has 5 heteroatoms. The number of amides is 1. The van der Waals surface area contributed by atoms with Crippen molar-refractivity contribution in [2.75, 3.05) is 26.9 Å². The number of rotatable bonds is 5. The number of benzene rings is 2. The van der Waals surface area contributed by atoms with Crippen molar-refractivity contribution in [3.63, 3.8) is 0 Å². The fraction of sp³-hybridized carbons (Fsp3) is 0.409. The van der Waals surface area contributed by atoms with Gasteiger partial charge in [0.05, 0.1) is 13.2 Å². The summed E-state index contributed by atoms with van der Waals surface area (Å²) < 4.78 is 16.6. The summed E-state index contributed by atoms with van der Waals surface area (Å²) in [6.45, 7) is 1.98. The van der Waals surface area contributed by atoms with Crippen LogP contribution in [-0.2, 0) is 11.2 Å². The molecule has 1 unspecified atom stereocenters. The van der Waals surface area contributed by atoms with Gasteiger partial charge in [0.2, 0.25) is 5.91 Å². The van der Waals surface area contributed by atoms with Gasteiger partial charge in [-0.25, -0.2) is 0 Å². The van der Waals surface area contributed by atoms with Gasteiger partial charge in [0, 0.05) is 13.0 Å². The van der Waals surface area contributed by atoms with Gasteiger partial charge in [0.15, 0.2) is 11.5 Å². The van der Waals surface area contributed by atoms with Crippen LogP contribution < -0.4 is 14.2 Å². The van der Waals surface area contributed by atoms with Crippen molar-refractivity contribution in [3.05, 3.63) is 53.6 Å². The van der Waals surface area contributed by atoms with E-state index in [9.17, 15) is 4.79 Å². The number of carbonyl (C=O) groups is 1. The third-order valence-electron chi connectivity index (χ3n) is 5.29. The quantitative estimate of drug-likeness (QED) is 0.807. The highest BCUT2D eigenvalue weighted by Crippen LogP contribution is 2.38. The Kier molecular flexibility index (Phi) is 5.19. The molecule has 4 rings (SSSR count). The lowest BCUT2D eigenvalue weighted by Crippen LogP contribution is -2.30. The summed E-state index contributed by atoms with van der Waals surface area (Å²) in [5, 5.41) is 0. The molecular weight excluding hydrogens is 342 g/mol. The van der Waals surface area contributed by atoms with Crippen molar-refractivity contribution in [2.24, 2.45) is 0 Å². The van der Waals surface area contributed by atoms with Crippen LogP contribution in [0.15, 0.2) is 42.5 Å². The van der Waals surface area contributed by atoms with Gasteiger partial charge in [-0.15, -0.1) is 0 Å². The maximum absolute atomic E-state index is 12.9. The summed E-state index contributed by atoms with van der Waals surface area (Å²) in [6, 6.07) is 14.1.